The zero-order chi connectivity index (χ0) is 23.5. The standard InChI is InChI=1S/C24H20F2N4O3/c1-14(17-8-7-16(25)12-19(17)26)28-22(31)21(11-15-5-3-2-4-6-15)30-23(32)18-9-10-27-13-20(18)29-24(30)33/h2-10,12-14,21H,11H2,1H3,(H,28,31)(H,29,33)/t14-,21-/m0/s1. The number of hydrogen-bond donors (Lipinski definition) is 2. The molecule has 7 nitrogen and oxygen atoms in total. The molecule has 0 saturated carbocycles. The number of hydrogen-bond acceptors (Lipinski definition) is 4. The third-order valence-corrected chi connectivity index (χ3v) is 5.40. The van der Waals surface area contributed by atoms with E-state index in [0.717, 1.165) is 22.3 Å². The van der Waals surface area contributed by atoms with E-state index in [1.807, 2.05) is 0 Å². The molecule has 1 amide bonds. The Morgan fingerprint density at radius 2 is 1.88 bits per heavy atom. The van der Waals surface area contributed by atoms with Gasteiger partial charge in [0.1, 0.15) is 17.7 Å². The van der Waals surface area contributed by atoms with Gasteiger partial charge in [0.25, 0.3) is 5.56 Å². The molecule has 2 atom stereocenters. The molecule has 168 valence electrons. The molecule has 33 heavy (non-hydrogen) atoms. The van der Waals surface area contributed by atoms with Crippen molar-refractivity contribution in [3.63, 3.8) is 0 Å². The average molecular weight is 450 g/mol. The van der Waals surface area contributed by atoms with Crippen LogP contribution in [0.4, 0.5) is 8.78 Å². The van der Waals surface area contributed by atoms with Gasteiger partial charge in [0, 0.05) is 24.2 Å². The summed E-state index contributed by atoms with van der Waals surface area (Å²) in [5, 5.41) is 2.85. The second kappa shape index (κ2) is 9.15. The Balaban J connectivity index is 1.76. The number of benzene rings is 2. The second-order valence-corrected chi connectivity index (χ2v) is 7.63. The largest absolute Gasteiger partial charge is 0.348 e. The number of pyridine rings is 1. The van der Waals surface area contributed by atoms with Crippen molar-refractivity contribution in [2.75, 3.05) is 0 Å². The fourth-order valence-electron chi connectivity index (χ4n) is 3.74. The van der Waals surface area contributed by atoms with Crippen molar-refractivity contribution < 1.29 is 13.6 Å². The molecule has 4 rings (SSSR count). The Labute approximate surface area is 186 Å². The fourth-order valence-corrected chi connectivity index (χ4v) is 3.74. The lowest BCUT2D eigenvalue weighted by Crippen LogP contribution is -2.46. The number of halogens is 2. The Morgan fingerprint density at radius 1 is 1.12 bits per heavy atom. The predicted octanol–water partition coefficient (Wildman–Crippen LogP) is 3.02. The number of H-pyrrole nitrogens is 1. The van der Waals surface area contributed by atoms with Crippen LogP contribution in [-0.4, -0.2) is 20.4 Å². The summed E-state index contributed by atoms with van der Waals surface area (Å²) in [7, 11) is 0. The predicted molar refractivity (Wildman–Crippen MR) is 119 cm³/mol. The number of carbonyl (C=O) groups excluding carboxylic acids is 1. The average Bonchev–Trinajstić information content (AvgIpc) is 2.79. The molecule has 0 radical (unpaired) electrons. The Hall–Kier alpha value is -4.14. The number of aromatic amines is 1. The van der Waals surface area contributed by atoms with Crippen molar-refractivity contribution in [2.45, 2.75) is 25.4 Å². The third-order valence-electron chi connectivity index (χ3n) is 5.40. The molecule has 0 aliphatic rings. The second-order valence-electron chi connectivity index (χ2n) is 7.63. The number of aromatic nitrogens is 3. The topological polar surface area (TPSA) is 96.8 Å². The summed E-state index contributed by atoms with van der Waals surface area (Å²) in [6, 6.07) is 11.4. The van der Waals surface area contributed by atoms with Gasteiger partial charge in [-0.2, -0.15) is 0 Å². The van der Waals surface area contributed by atoms with Crippen LogP contribution in [0.1, 0.15) is 30.1 Å². The highest BCUT2D eigenvalue weighted by Crippen LogP contribution is 2.20. The molecular formula is C24H20F2N4O3. The van der Waals surface area contributed by atoms with Crippen molar-refractivity contribution in [2.24, 2.45) is 0 Å². The van der Waals surface area contributed by atoms with E-state index in [2.05, 4.69) is 15.3 Å². The van der Waals surface area contributed by atoms with Gasteiger partial charge in [0.05, 0.1) is 23.1 Å². The van der Waals surface area contributed by atoms with Crippen molar-refractivity contribution in [3.8, 4) is 0 Å². The van der Waals surface area contributed by atoms with Gasteiger partial charge in [-0.15, -0.1) is 0 Å². The molecule has 0 bridgehead atoms. The Kier molecular flexibility index (Phi) is 6.12. The number of carbonyl (C=O) groups is 1. The van der Waals surface area contributed by atoms with E-state index >= 15 is 0 Å². The van der Waals surface area contributed by atoms with Crippen LogP contribution < -0.4 is 16.6 Å². The maximum Gasteiger partial charge on any atom is 0.329 e. The number of nitrogens with one attached hydrogen (secondary N) is 2. The molecule has 2 aromatic heterocycles. The zero-order valence-corrected chi connectivity index (χ0v) is 17.6. The van der Waals surface area contributed by atoms with Crippen molar-refractivity contribution in [3.05, 3.63) is 111 Å². The first kappa shape index (κ1) is 22.1. The summed E-state index contributed by atoms with van der Waals surface area (Å²) < 4.78 is 28.4. The summed E-state index contributed by atoms with van der Waals surface area (Å²) in [6.45, 7) is 1.53. The highest BCUT2D eigenvalue weighted by atomic mass is 19.1. The fraction of sp³-hybridized carbons (Fsp3) is 0.167. The van der Waals surface area contributed by atoms with E-state index in [9.17, 15) is 23.2 Å². The highest BCUT2D eigenvalue weighted by Gasteiger charge is 2.27. The van der Waals surface area contributed by atoms with Crippen LogP contribution in [0.3, 0.4) is 0 Å². The zero-order valence-electron chi connectivity index (χ0n) is 17.6. The minimum Gasteiger partial charge on any atom is -0.348 e. The minimum atomic E-state index is -1.22. The van der Waals surface area contributed by atoms with Crippen molar-refractivity contribution in [1.29, 1.82) is 0 Å². The molecule has 0 unspecified atom stereocenters. The number of amides is 1. The molecule has 2 N–H and O–H groups in total. The molecule has 0 aliphatic carbocycles. The van der Waals surface area contributed by atoms with Crippen molar-refractivity contribution >= 4 is 16.8 Å². The quantitative estimate of drug-likeness (QED) is 0.472. The first-order valence-electron chi connectivity index (χ1n) is 10.2. The van der Waals surface area contributed by atoms with Gasteiger partial charge in [-0.25, -0.2) is 18.1 Å². The Bertz CT molecular complexity index is 1430. The van der Waals surface area contributed by atoms with E-state index in [1.165, 1.54) is 31.5 Å². The van der Waals surface area contributed by atoms with Gasteiger partial charge >= 0.3 is 5.69 Å². The SMILES string of the molecule is C[C@H](NC(=O)[C@H](Cc1ccccc1)n1c(=O)[nH]c2cnccc2c1=O)c1ccc(F)cc1F. The summed E-state index contributed by atoms with van der Waals surface area (Å²) in [4.78, 5) is 45.8. The normalized spacial score (nSPS) is 12.9. The summed E-state index contributed by atoms with van der Waals surface area (Å²) in [6.07, 6.45) is 2.82. The van der Waals surface area contributed by atoms with Crippen LogP contribution in [0.5, 0.6) is 0 Å². The maximum atomic E-state index is 14.2. The molecule has 0 saturated heterocycles. The van der Waals surface area contributed by atoms with Crippen LogP contribution in [0.15, 0.2) is 76.6 Å². The number of nitrogens with zero attached hydrogens (tertiary/aromatic N) is 2. The monoisotopic (exact) mass is 450 g/mol. The molecule has 0 spiro atoms. The number of fused-ring (bicyclic) bond motifs is 1. The first-order chi connectivity index (χ1) is 15.8. The van der Waals surface area contributed by atoms with E-state index < -0.39 is 40.9 Å². The van der Waals surface area contributed by atoms with Crippen LogP contribution in [0.25, 0.3) is 10.9 Å². The smallest absolute Gasteiger partial charge is 0.329 e. The molecule has 0 fully saturated rings. The number of rotatable bonds is 6. The molecule has 2 heterocycles. The molecule has 2 aromatic carbocycles. The lowest BCUT2D eigenvalue weighted by Gasteiger charge is -2.22. The van der Waals surface area contributed by atoms with E-state index in [1.54, 1.807) is 30.3 Å². The molecule has 9 heteroatoms. The summed E-state index contributed by atoms with van der Waals surface area (Å²) in [5.41, 5.74) is -0.358. The lowest BCUT2D eigenvalue weighted by molar-refractivity contribution is -0.125. The van der Waals surface area contributed by atoms with Gasteiger partial charge in [-0.1, -0.05) is 36.4 Å². The minimum absolute atomic E-state index is 0.0465. The maximum absolute atomic E-state index is 14.2. The van der Waals surface area contributed by atoms with Crippen LogP contribution in [0.2, 0.25) is 0 Å². The summed E-state index contributed by atoms with van der Waals surface area (Å²) >= 11 is 0. The highest BCUT2D eigenvalue weighted by molar-refractivity contribution is 5.82. The van der Waals surface area contributed by atoms with Gasteiger partial charge < -0.3 is 10.3 Å². The first-order valence-corrected chi connectivity index (χ1v) is 10.2. The Morgan fingerprint density at radius 3 is 2.61 bits per heavy atom. The van der Waals surface area contributed by atoms with Gasteiger partial charge in [-0.3, -0.25) is 14.6 Å². The van der Waals surface area contributed by atoms with Gasteiger partial charge in [0.15, 0.2) is 0 Å². The third kappa shape index (κ3) is 4.57. The van der Waals surface area contributed by atoms with Gasteiger partial charge in [0.2, 0.25) is 5.91 Å². The van der Waals surface area contributed by atoms with Crippen molar-refractivity contribution in [1.82, 2.24) is 19.9 Å². The van der Waals surface area contributed by atoms with E-state index in [4.69, 9.17) is 0 Å². The molecule has 0 aliphatic heterocycles. The van der Waals surface area contributed by atoms with E-state index in [0.29, 0.717) is 0 Å². The lowest BCUT2D eigenvalue weighted by atomic mass is 10.0. The van der Waals surface area contributed by atoms with E-state index in [-0.39, 0.29) is 22.9 Å². The van der Waals surface area contributed by atoms with Gasteiger partial charge in [-0.05, 0) is 24.6 Å². The molecular weight excluding hydrogens is 430 g/mol. The van der Waals surface area contributed by atoms with Crippen LogP contribution in [0, 0.1) is 11.6 Å². The summed E-state index contributed by atoms with van der Waals surface area (Å²) in [5.74, 6) is -2.20. The molecule has 4 aromatic rings. The van der Waals surface area contributed by atoms with Crippen LogP contribution >= 0.6 is 0 Å². The van der Waals surface area contributed by atoms with Crippen LogP contribution in [-0.2, 0) is 11.2 Å².